The Kier molecular flexibility index (Phi) is 4.74. The highest BCUT2D eigenvalue weighted by Gasteiger charge is 2.31. The molecule has 0 radical (unpaired) electrons. The molecule has 0 aromatic heterocycles. The van der Waals surface area contributed by atoms with E-state index in [0.717, 1.165) is 24.0 Å². The molecule has 2 aromatic carbocycles. The number of hydrogen-bond donors (Lipinski definition) is 0. The van der Waals surface area contributed by atoms with E-state index in [2.05, 4.69) is 0 Å². The highest BCUT2D eigenvalue weighted by atomic mass is 16.6. The highest BCUT2D eigenvalue weighted by molar-refractivity contribution is 5.69. The number of benzene rings is 2. The van der Waals surface area contributed by atoms with E-state index in [9.17, 15) is 14.9 Å². The predicted molar refractivity (Wildman–Crippen MR) is 88.4 cm³/mol. The Bertz CT molecular complexity index is 733. The lowest BCUT2D eigenvalue weighted by atomic mass is 10.0. The number of likely N-dealkylation sites (tertiary alicyclic amines) is 1. The maximum Gasteiger partial charge on any atom is 0.410 e. The van der Waals surface area contributed by atoms with Gasteiger partial charge in [0.25, 0.3) is 5.69 Å². The molecule has 6 heteroatoms. The summed E-state index contributed by atoms with van der Waals surface area (Å²) in [5.41, 5.74) is 1.74. The molecule has 0 N–H and O–H groups in total. The second-order valence-corrected chi connectivity index (χ2v) is 5.74. The van der Waals surface area contributed by atoms with E-state index in [0.29, 0.717) is 6.54 Å². The van der Waals surface area contributed by atoms with Crippen LogP contribution in [0.4, 0.5) is 10.5 Å². The summed E-state index contributed by atoms with van der Waals surface area (Å²) in [5, 5.41) is 10.9. The van der Waals surface area contributed by atoms with Crippen LogP contribution in [-0.2, 0) is 11.3 Å². The van der Waals surface area contributed by atoms with E-state index in [4.69, 9.17) is 4.74 Å². The van der Waals surface area contributed by atoms with E-state index >= 15 is 0 Å². The predicted octanol–water partition coefficient (Wildman–Crippen LogP) is 4.07. The summed E-state index contributed by atoms with van der Waals surface area (Å²) in [5.74, 6) is 0. The summed E-state index contributed by atoms with van der Waals surface area (Å²) in [6.45, 7) is 0.818. The summed E-state index contributed by atoms with van der Waals surface area (Å²) < 4.78 is 5.39. The number of carbonyl (C=O) groups excluding carboxylic acids is 1. The number of hydrogen-bond acceptors (Lipinski definition) is 4. The van der Waals surface area contributed by atoms with Gasteiger partial charge >= 0.3 is 6.09 Å². The number of amides is 1. The standard InChI is InChI=1S/C18H18N2O4/c21-18(24-13-14-6-2-1-3-7-14)19-11-5-10-17(19)15-8-4-9-16(12-15)20(22)23/h1-4,6-9,12,17H,5,10-11,13H2. The molecule has 0 bridgehead atoms. The average Bonchev–Trinajstić information content (AvgIpc) is 3.10. The smallest absolute Gasteiger partial charge is 0.410 e. The normalized spacial score (nSPS) is 16.8. The van der Waals surface area contributed by atoms with E-state index in [-0.39, 0.29) is 24.4 Å². The van der Waals surface area contributed by atoms with Crippen LogP contribution in [0.2, 0.25) is 0 Å². The molecule has 1 unspecified atom stereocenters. The molecule has 1 atom stereocenters. The van der Waals surface area contributed by atoms with Crippen molar-refractivity contribution in [2.45, 2.75) is 25.5 Å². The Morgan fingerprint density at radius 1 is 1.21 bits per heavy atom. The number of non-ortho nitro benzene ring substituents is 1. The number of nitro benzene ring substituents is 1. The van der Waals surface area contributed by atoms with Crippen molar-refractivity contribution in [2.24, 2.45) is 0 Å². The third-order valence-corrected chi connectivity index (χ3v) is 4.16. The van der Waals surface area contributed by atoms with Crippen LogP contribution in [-0.4, -0.2) is 22.5 Å². The van der Waals surface area contributed by atoms with Gasteiger partial charge in [0.05, 0.1) is 11.0 Å². The van der Waals surface area contributed by atoms with Gasteiger partial charge in [0.1, 0.15) is 6.61 Å². The van der Waals surface area contributed by atoms with Crippen molar-refractivity contribution in [3.63, 3.8) is 0 Å². The Labute approximate surface area is 139 Å². The van der Waals surface area contributed by atoms with Gasteiger partial charge in [0, 0.05) is 18.7 Å². The van der Waals surface area contributed by atoms with Gasteiger partial charge in [-0.05, 0) is 24.0 Å². The Morgan fingerprint density at radius 3 is 2.75 bits per heavy atom. The van der Waals surface area contributed by atoms with Crippen molar-refractivity contribution in [3.8, 4) is 0 Å². The van der Waals surface area contributed by atoms with Gasteiger partial charge in [-0.15, -0.1) is 0 Å². The van der Waals surface area contributed by atoms with E-state index < -0.39 is 4.92 Å². The third-order valence-electron chi connectivity index (χ3n) is 4.16. The minimum Gasteiger partial charge on any atom is -0.445 e. The number of ether oxygens (including phenoxy) is 1. The molecule has 3 rings (SSSR count). The van der Waals surface area contributed by atoms with Crippen molar-refractivity contribution in [2.75, 3.05) is 6.54 Å². The second kappa shape index (κ2) is 7.12. The highest BCUT2D eigenvalue weighted by Crippen LogP contribution is 2.33. The van der Waals surface area contributed by atoms with Crippen LogP contribution in [0.3, 0.4) is 0 Å². The maximum absolute atomic E-state index is 12.4. The van der Waals surface area contributed by atoms with Gasteiger partial charge in [-0.1, -0.05) is 42.5 Å². The minimum absolute atomic E-state index is 0.0389. The Hall–Kier alpha value is -2.89. The Morgan fingerprint density at radius 2 is 2.00 bits per heavy atom. The first-order chi connectivity index (χ1) is 11.6. The van der Waals surface area contributed by atoms with Crippen LogP contribution in [0, 0.1) is 10.1 Å². The summed E-state index contributed by atoms with van der Waals surface area (Å²) >= 11 is 0. The molecule has 1 fully saturated rings. The van der Waals surface area contributed by atoms with Crippen LogP contribution < -0.4 is 0 Å². The zero-order chi connectivity index (χ0) is 16.9. The topological polar surface area (TPSA) is 72.7 Å². The molecule has 1 amide bonds. The van der Waals surface area contributed by atoms with Gasteiger partial charge in [0.15, 0.2) is 0 Å². The molecule has 1 heterocycles. The first-order valence-electron chi connectivity index (χ1n) is 7.87. The van der Waals surface area contributed by atoms with Gasteiger partial charge in [-0.3, -0.25) is 10.1 Å². The minimum atomic E-state index is -0.420. The molecule has 0 spiro atoms. The van der Waals surface area contributed by atoms with Gasteiger partial charge in [-0.2, -0.15) is 0 Å². The first-order valence-corrected chi connectivity index (χ1v) is 7.87. The van der Waals surface area contributed by atoms with Crippen molar-refractivity contribution in [1.82, 2.24) is 4.90 Å². The molecule has 124 valence electrons. The van der Waals surface area contributed by atoms with Crippen LogP contribution in [0.25, 0.3) is 0 Å². The van der Waals surface area contributed by atoms with Crippen molar-refractivity contribution in [3.05, 3.63) is 75.8 Å². The SMILES string of the molecule is O=C(OCc1ccccc1)N1CCCC1c1cccc([N+](=O)[O-])c1. The van der Waals surface area contributed by atoms with Crippen LogP contribution in [0.5, 0.6) is 0 Å². The summed E-state index contributed by atoms with van der Waals surface area (Å²) in [4.78, 5) is 24.6. The van der Waals surface area contributed by atoms with Gasteiger partial charge < -0.3 is 9.64 Å². The molecule has 0 aliphatic carbocycles. The largest absolute Gasteiger partial charge is 0.445 e. The molecular weight excluding hydrogens is 308 g/mol. The third kappa shape index (κ3) is 3.53. The van der Waals surface area contributed by atoms with E-state index in [1.165, 1.54) is 12.1 Å². The van der Waals surface area contributed by atoms with Crippen LogP contribution in [0.15, 0.2) is 54.6 Å². The van der Waals surface area contributed by atoms with E-state index in [1.807, 2.05) is 36.4 Å². The quantitative estimate of drug-likeness (QED) is 0.627. The molecule has 1 aliphatic heterocycles. The fraction of sp³-hybridized carbons (Fsp3) is 0.278. The first kappa shape index (κ1) is 16.0. The van der Waals surface area contributed by atoms with Crippen molar-refractivity contribution >= 4 is 11.8 Å². The Balaban J connectivity index is 1.69. The molecule has 1 saturated heterocycles. The monoisotopic (exact) mass is 326 g/mol. The number of nitrogens with zero attached hydrogens (tertiary/aromatic N) is 2. The van der Waals surface area contributed by atoms with Gasteiger partial charge in [-0.25, -0.2) is 4.79 Å². The molecule has 2 aromatic rings. The molecule has 0 saturated carbocycles. The molecular formula is C18H18N2O4. The molecule has 24 heavy (non-hydrogen) atoms. The van der Waals surface area contributed by atoms with E-state index in [1.54, 1.807) is 11.0 Å². The zero-order valence-corrected chi connectivity index (χ0v) is 13.1. The fourth-order valence-corrected chi connectivity index (χ4v) is 2.98. The van der Waals surface area contributed by atoms with Crippen molar-refractivity contribution in [1.29, 1.82) is 0 Å². The van der Waals surface area contributed by atoms with Crippen LogP contribution in [0.1, 0.15) is 30.0 Å². The van der Waals surface area contributed by atoms with Gasteiger partial charge in [0.2, 0.25) is 0 Å². The fourth-order valence-electron chi connectivity index (χ4n) is 2.98. The number of carbonyl (C=O) groups is 1. The number of rotatable bonds is 4. The average molecular weight is 326 g/mol. The lowest BCUT2D eigenvalue weighted by Gasteiger charge is -2.24. The molecule has 1 aliphatic rings. The molecule has 6 nitrogen and oxygen atoms in total. The maximum atomic E-state index is 12.4. The summed E-state index contributed by atoms with van der Waals surface area (Å²) in [6.07, 6.45) is 1.25. The summed E-state index contributed by atoms with van der Waals surface area (Å²) in [7, 11) is 0. The van der Waals surface area contributed by atoms with Crippen molar-refractivity contribution < 1.29 is 14.5 Å². The number of nitro groups is 1. The lowest BCUT2D eigenvalue weighted by molar-refractivity contribution is -0.384. The summed E-state index contributed by atoms with van der Waals surface area (Å²) in [6, 6.07) is 15.8. The second-order valence-electron chi connectivity index (χ2n) is 5.74. The van der Waals surface area contributed by atoms with Crippen LogP contribution >= 0.6 is 0 Å². The lowest BCUT2D eigenvalue weighted by Crippen LogP contribution is -2.31. The zero-order valence-electron chi connectivity index (χ0n) is 13.1.